The molecule has 0 fully saturated rings. The predicted octanol–water partition coefficient (Wildman–Crippen LogP) is 2.38. The molecule has 21 heavy (non-hydrogen) atoms. The number of carbonyl (C=O) groups excluding carboxylic acids is 1. The van der Waals surface area contributed by atoms with Gasteiger partial charge in [-0.05, 0) is 31.4 Å². The monoisotopic (exact) mass is 309 g/mol. The van der Waals surface area contributed by atoms with Gasteiger partial charge < -0.3 is 10.0 Å². The molecule has 0 saturated heterocycles. The van der Waals surface area contributed by atoms with E-state index in [-0.39, 0.29) is 24.1 Å². The van der Waals surface area contributed by atoms with Crippen LogP contribution >= 0.6 is 11.8 Å². The van der Waals surface area contributed by atoms with Crippen LogP contribution in [0.3, 0.4) is 0 Å². The van der Waals surface area contributed by atoms with Crippen molar-refractivity contribution in [3.63, 3.8) is 0 Å². The highest BCUT2D eigenvalue weighted by molar-refractivity contribution is 7.98. The molecule has 0 bridgehead atoms. The fourth-order valence-electron chi connectivity index (χ4n) is 1.76. The van der Waals surface area contributed by atoms with E-state index in [1.54, 1.807) is 23.7 Å². The van der Waals surface area contributed by atoms with Gasteiger partial charge in [0, 0.05) is 30.8 Å². The van der Waals surface area contributed by atoms with E-state index in [0.29, 0.717) is 12.0 Å². The summed E-state index contributed by atoms with van der Waals surface area (Å²) < 4.78 is 13.4. The molecule has 1 unspecified atom stereocenters. The SMILES string of the molecule is CSCC(C)N(C)C(=O)c1cc(F)ccc1C#CCCO. The van der Waals surface area contributed by atoms with Crippen molar-refractivity contribution in [3.8, 4) is 11.8 Å². The number of benzene rings is 1. The molecular formula is C16H20FNO2S. The first-order chi connectivity index (χ1) is 10.0. The summed E-state index contributed by atoms with van der Waals surface area (Å²) >= 11 is 1.65. The van der Waals surface area contributed by atoms with E-state index < -0.39 is 5.82 Å². The lowest BCUT2D eigenvalue weighted by molar-refractivity contribution is 0.0757. The maximum atomic E-state index is 13.4. The van der Waals surface area contributed by atoms with E-state index in [0.717, 1.165) is 5.75 Å². The minimum absolute atomic E-state index is 0.0395. The Kier molecular flexibility index (Phi) is 7.27. The molecule has 1 N–H and O–H groups in total. The molecule has 0 aliphatic heterocycles. The second-order valence-corrected chi connectivity index (χ2v) is 5.60. The molecule has 5 heteroatoms. The fourth-order valence-corrected chi connectivity index (χ4v) is 2.47. The summed E-state index contributed by atoms with van der Waals surface area (Å²) in [6.45, 7) is 1.91. The summed E-state index contributed by atoms with van der Waals surface area (Å²) in [6, 6.07) is 4.05. The van der Waals surface area contributed by atoms with E-state index in [2.05, 4.69) is 11.8 Å². The van der Waals surface area contributed by atoms with Gasteiger partial charge in [-0.15, -0.1) is 0 Å². The van der Waals surface area contributed by atoms with E-state index in [4.69, 9.17) is 5.11 Å². The second kappa shape index (κ2) is 8.71. The van der Waals surface area contributed by atoms with Gasteiger partial charge in [0.05, 0.1) is 12.2 Å². The lowest BCUT2D eigenvalue weighted by atomic mass is 10.1. The van der Waals surface area contributed by atoms with Crippen LogP contribution in [0.15, 0.2) is 18.2 Å². The van der Waals surface area contributed by atoms with Gasteiger partial charge in [0.1, 0.15) is 5.82 Å². The zero-order valence-corrected chi connectivity index (χ0v) is 13.3. The number of hydrogen-bond donors (Lipinski definition) is 1. The Labute approximate surface area is 129 Å². The standard InChI is InChI=1S/C16H20FNO2S/c1-12(11-21-3)18(2)16(20)15-10-14(17)8-7-13(15)6-4-5-9-19/h7-8,10,12,19H,5,9,11H2,1-3H3. The topological polar surface area (TPSA) is 40.5 Å². The van der Waals surface area contributed by atoms with Crippen LogP contribution in [-0.2, 0) is 0 Å². The highest BCUT2D eigenvalue weighted by Gasteiger charge is 2.20. The van der Waals surface area contributed by atoms with Gasteiger partial charge in [-0.25, -0.2) is 4.39 Å². The van der Waals surface area contributed by atoms with Crippen LogP contribution in [0.25, 0.3) is 0 Å². The van der Waals surface area contributed by atoms with Gasteiger partial charge >= 0.3 is 0 Å². The number of carbonyl (C=O) groups is 1. The van der Waals surface area contributed by atoms with Gasteiger partial charge in [-0.2, -0.15) is 11.8 Å². The highest BCUT2D eigenvalue weighted by Crippen LogP contribution is 2.15. The Bertz CT molecular complexity index is 551. The summed E-state index contributed by atoms with van der Waals surface area (Å²) in [4.78, 5) is 14.1. The molecule has 0 spiro atoms. The van der Waals surface area contributed by atoms with Crippen molar-refractivity contribution in [2.75, 3.05) is 25.7 Å². The third kappa shape index (κ3) is 5.07. The molecule has 0 radical (unpaired) electrons. The van der Waals surface area contributed by atoms with Gasteiger partial charge in [0.2, 0.25) is 0 Å². The van der Waals surface area contributed by atoms with Crippen molar-refractivity contribution in [1.82, 2.24) is 4.90 Å². The van der Waals surface area contributed by atoms with E-state index in [1.165, 1.54) is 18.2 Å². The summed E-state index contributed by atoms with van der Waals surface area (Å²) in [5.41, 5.74) is 0.744. The average molecular weight is 309 g/mol. The lowest BCUT2D eigenvalue weighted by Gasteiger charge is -2.24. The van der Waals surface area contributed by atoms with E-state index >= 15 is 0 Å². The maximum absolute atomic E-state index is 13.4. The molecule has 1 aromatic rings. The Morgan fingerprint density at radius 1 is 1.52 bits per heavy atom. The third-order valence-corrected chi connectivity index (χ3v) is 3.88. The molecule has 1 aromatic carbocycles. The normalized spacial score (nSPS) is 11.5. The summed E-state index contributed by atoms with van der Waals surface area (Å²) in [6.07, 6.45) is 2.30. The van der Waals surface area contributed by atoms with Crippen molar-refractivity contribution < 1.29 is 14.3 Å². The molecule has 114 valence electrons. The molecule has 1 amide bonds. The van der Waals surface area contributed by atoms with Crippen molar-refractivity contribution in [2.24, 2.45) is 0 Å². The number of halogens is 1. The minimum atomic E-state index is -0.461. The summed E-state index contributed by atoms with van der Waals surface area (Å²) in [7, 11) is 1.71. The number of hydrogen-bond acceptors (Lipinski definition) is 3. The number of nitrogens with zero attached hydrogens (tertiary/aromatic N) is 1. The number of aliphatic hydroxyl groups excluding tert-OH is 1. The molecule has 0 aliphatic carbocycles. The first-order valence-electron chi connectivity index (χ1n) is 6.66. The average Bonchev–Trinajstić information content (AvgIpc) is 2.47. The van der Waals surface area contributed by atoms with Gasteiger partial charge in [0.25, 0.3) is 5.91 Å². The molecular weight excluding hydrogens is 289 g/mol. The Balaban J connectivity index is 3.07. The molecule has 3 nitrogen and oxygen atoms in total. The number of rotatable bonds is 5. The Morgan fingerprint density at radius 3 is 2.86 bits per heavy atom. The van der Waals surface area contributed by atoms with Crippen LogP contribution in [0.4, 0.5) is 4.39 Å². The van der Waals surface area contributed by atoms with Crippen LogP contribution < -0.4 is 0 Å². The zero-order valence-electron chi connectivity index (χ0n) is 12.5. The highest BCUT2D eigenvalue weighted by atomic mass is 32.2. The first kappa shape index (κ1) is 17.5. The molecule has 1 atom stereocenters. The Morgan fingerprint density at radius 2 is 2.24 bits per heavy atom. The first-order valence-corrected chi connectivity index (χ1v) is 8.06. The zero-order chi connectivity index (χ0) is 15.8. The second-order valence-electron chi connectivity index (χ2n) is 4.69. The smallest absolute Gasteiger partial charge is 0.255 e. The van der Waals surface area contributed by atoms with Crippen molar-refractivity contribution >= 4 is 17.7 Å². The van der Waals surface area contributed by atoms with Crippen molar-refractivity contribution in [2.45, 2.75) is 19.4 Å². The number of thioether (sulfide) groups is 1. The third-order valence-electron chi connectivity index (χ3n) is 3.06. The maximum Gasteiger partial charge on any atom is 0.255 e. The molecule has 0 aromatic heterocycles. The Hall–Kier alpha value is -1.51. The van der Waals surface area contributed by atoms with Crippen LogP contribution in [0.5, 0.6) is 0 Å². The quantitative estimate of drug-likeness (QED) is 0.849. The van der Waals surface area contributed by atoms with Gasteiger partial charge in [-0.1, -0.05) is 11.8 Å². The number of amides is 1. The van der Waals surface area contributed by atoms with Crippen molar-refractivity contribution in [3.05, 3.63) is 35.1 Å². The largest absolute Gasteiger partial charge is 0.395 e. The lowest BCUT2D eigenvalue weighted by Crippen LogP contribution is -2.37. The van der Waals surface area contributed by atoms with Gasteiger partial charge in [-0.3, -0.25) is 4.79 Å². The molecule has 0 saturated carbocycles. The minimum Gasteiger partial charge on any atom is -0.395 e. The van der Waals surface area contributed by atoms with Crippen molar-refractivity contribution in [1.29, 1.82) is 0 Å². The van der Waals surface area contributed by atoms with Gasteiger partial charge in [0.15, 0.2) is 0 Å². The van der Waals surface area contributed by atoms with E-state index in [1.807, 2.05) is 13.2 Å². The van der Waals surface area contributed by atoms with Crippen LogP contribution in [0, 0.1) is 17.7 Å². The van der Waals surface area contributed by atoms with Crippen LogP contribution in [0.2, 0.25) is 0 Å². The van der Waals surface area contributed by atoms with E-state index in [9.17, 15) is 9.18 Å². The summed E-state index contributed by atoms with van der Waals surface area (Å²) in [5, 5.41) is 8.75. The molecule has 0 aliphatic rings. The van der Waals surface area contributed by atoms with Crippen LogP contribution in [0.1, 0.15) is 29.3 Å². The van der Waals surface area contributed by atoms with Crippen LogP contribution in [-0.4, -0.2) is 47.6 Å². The molecule has 0 heterocycles. The molecule has 1 rings (SSSR count). The predicted molar refractivity (Wildman–Crippen MR) is 84.9 cm³/mol. The summed E-state index contributed by atoms with van der Waals surface area (Å²) in [5.74, 6) is 5.68. The number of aliphatic hydroxyl groups is 1. The fraction of sp³-hybridized carbons (Fsp3) is 0.438.